The first-order valence-electron chi connectivity index (χ1n) is 6.61. The van der Waals surface area contributed by atoms with Crippen molar-refractivity contribution in [2.75, 3.05) is 13.1 Å². The van der Waals surface area contributed by atoms with Gasteiger partial charge in [0.2, 0.25) is 5.91 Å². The van der Waals surface area contributed by atoms with Gasteiger partial charge in [0.05, 0.1) is 0 Å². The number of hydrogen-bond donors (Lipinski definition) is 1. The number of carbonyl (C=O) groups excluding carboxylic acids is 1. The Labute approximate surface area is 104 Å². The van der Waals surface area contributed by atoms with Crippen molar-refractivity contribution in [1.82, 2.24) is 4.90 Å². The second kappa shape index (κ2) is 10.1. The van der Waals surface area contributed by atoms with Gasteiger partial charge in [0, 0.05) is 13.0 Å². The first kappa shape index (κ1) is 15.9. The lowest BCUT2D eigenvalue weighted by molar-refractivity contribution is -0.144. The minimum Gasteiger partial charge on any atom is -0.480 e. The van der Waals surface area contributed by atoms with E-state index in [0.717, 1.165) is 25.7 Å². The summed E-state index contributed by atoms with van der Waals surface area (Å²) in [6.07, 6.45) is 6.78. The van der Waals surface area contributed by atoms with Gasteiger partial charge in [-0.15, -0.1) is 0 Å². The maximum absolute atomic E-state index is 11.8. The number of aliphatic carboxylic acids is 1. The Morgan fingerprint density at radius 3 is 2.18 bits per heavy atom. The smallest absolute Gasteiger partial charge is 0.323 e. The number of amides is 1. The number of nitrogens with zero attached hydrogens (tertiary/aromatic N) is 1. The zero-order valence-electron chi connectivity index (χ0n) is 11.1. The zero-order chi connectivity index (χ0) is 13.1. The van der Waals surface area contributed by atoms with E-state index in [1.807, 2.05) is 6.92 Å². The third-order valence-corrected chi connectivity index (χ3v) is 2.67. The molecule has 100 valence electrons. The van der Waals surface area contributed by atoms with Crippen LogP contribution in [0.3, 0.4) is 0 Å². The molecule has 4 nitrogen and oxygen atoms in total. The number of carbonyl (C=O) groups is 2. The Kier molecular flexibility index (Phi) is 9.49. The van der Waals surface area contributed by atoms with Gasteiger partial charge in [-0.3, -0.25) is 9.59 Å². The first-order valence-corrected chi connectivity index (χ1v) is 6.61. The maximum atomic E-state index is 11.8. The van der Waals surface area contributed by atoms with E-state index in [1.165, 1.54) is 17.7 Å². The predicted octanol–water partition coefficient (Wildman–Crippen LogP) is 2.67. The van der Waals surface area contributed by atoms with Gasteiger partial charge in [0.1, 0.15) is 6.54 Å². The van der Waals surface area contributed by atoms with Crippen molar-refractivity contribution in [1.29, 1.82) is 0 Å². The Morgan fingerprint density at radius 2 is 1.65 bits per heavy atom. The molecule has 0 bridgehead atoms. The summed E-state index contributed by atoms with van der Waals surface area (Å²) in [5.74, 6) is -0.955. The van der Waals surface area contributed by atoms with Crippen LogP contribution in [0.25, 0.3) is 0 Å². The number of rotatable bonds is 10. The second-order valence-corrected chi connectivity index (χ2v) is 4.37. The predicted molar refractivity (Wildman–Crippen MR) is 67.9 cm³/mol. The van der Waals surface area contributed by atoms with E-state index in [9.17, 15) is 9.59 Å². The Bertz CT molecular complexity index is 229. The highest BCUT2D eigenvalue weighted by Gasteiger charge is 2.14. The molecule has 0 spiro atoms. The Morgan fingerprint density at radius 1 is 1.00 bits per heavy atom. The highest BCUT2D eigenvalue weighted by atomic mass is 16.4. The molecule has 0 heterocycles. The van der Waals surface area contributed by atoms with Crippen molar-refractivity contribution < 1.29 is 14.7 Å². The van der Waals surface area contributed by atoms with Gasteiger partial charge in [-0.25, -0.2) is 0 Å². The minimum atomic E-state index is -0.933. The van der Waals surface area contributed by atoms with Crippen LogP contribution in [0.1, 0.15) is 58.8 Å². The molecule has 0 aromatic carbocycles. The summed E-state index contributed by atoms with van der Waals surface area (Å²) in [4.78, 5) is 23.8. The minimum absolute atomic E-state index is 0.0225. The topological polar surface area (TPSA) is 57.6 Å². The van der Waals surface area contributed by atoms with E-state index in [4.69, 9.17) is 5.11 Å². The van der Waals surface area contributed by atoms with Crippen molar-refractivity contribution in [2.45, 2.75) is 58.8 Å². The normalized spacial score (nSPS) is 10.2. The van der Waals surface area contributed by atoms with Crippen molar-refractivity contribution in [3.05, 3.63) is 0 Å². The van der Waals surface area contributed by atoms with E-state index >= 15 is 0 Å². The van der Waals surface area contributed by atoms with Crippen LogP contribution in [-0.2, 0) is 9.59 Å². The quantitative estimate of drug-likeness (QED) is 0.600. The summed E-state index contributed by atoms with van der Waals surface area (Å²) in [7, 11) is 0. The van der Waals surface area contributed by atoms with Crippen LogP contribution in [0.15, 0.2) is 0 Å². The number of carboxylic acids is 1. The molecule has 0 saturated carbocycles. The van der Waals surface area contributed by atoms with Gasteiger partial charge in [0.15, 0.2) is 0 Å². The second-order valence-electron chi connectivity index (χ2n) is 4.37. The monoisotopic (exact) mass is 243 g/mol. The van der Waals surface area contributed by atoms with Crippen molar-refractivity contribution >= 4 is 11.9 Å². The van der Waals surface area contributed by atoms with E-state index < -0.39 is 5.97 Å². The van der Waals surface area contributed by atoms with Gasteiger partial charge in [-0.05, 0) is 12.8 Å². The molecule has 0 aliphatic heterocycles. The lowest BCUT2D eigenvalue weighted by atomic mass is 10.1. The van der Waals surface area contributed by atoms with E-state index in [1.54, 1.807) is 0 Å². The summed E-state index contributed by atoms with van der Waals surface area (Å²) >= 11 is 0. The molecule has 0 unspecified atom stereocenters. The van der Waals surface area contributed by atoms with Gasteiger partial charge < -0.3 is 10.0 Å². The average molecular weight is 243 g/mol. The molecular weight excluding hydrogens is 218 g/mol. The molecule has 1 amide bonds. The molecule has 0 fully saturated rings. The molecule has 17 heavy (non-hydrogen) atoms. The number of hydrogen-bond acceptors (Lipinski definition) is 2. The van der Waals surface area contributed by atoms with Crippen LogP contribution >= 0.6 is 0 Å². The number of unbranched alkanes of at least 4 members (excludes halogenated alkanes) is 4. The van der Waals surface area contributed by atoms with Crippen LogP contribution in [-0.4, -0.2) is 35.0 Å². The van der Waals surface area contributed by atoms with Crippen molar-refractivity contribution in [3.8, 4) is 0 Å². The third kappa shape index (κ3) is 8.72. The van der Waals surface area contributed by atoms with Gasteiger partial charge in [-0.1, -0.05) is 39.5 Å². The molecule has 0 aromatic heterocycles. The van der Waals surface area contributed by atoms with Crippen molar-refractivity contribution in [2.24, 2.45) is 0 Å². The molecule has 0 saturated heterocycles. The standard InChI is InChI=1S/C13H25NO3/c1-3-5-6-7-8-9-12(15)14(10-4-2)11-13(16)17/h3-11H2,1-2H3,(H,16,17). The van der Waals surface area contributed by atoms with Crippen LogP contribution < -0.4 is 0 Å². The maximum Gasteiger partial charge on any atom is 0.323 e. The van der Waals surface area contributed by atoms with Gasteiger partial charge in [0.25, 0.3) is 0 Å². The Hall–Kier alpha value is -1.06. The fourth-order valence-electron chi connectivity index (χ4n) is 1.76. The van der Waals surface area contributed by atoms with Gasteiger partial charge >= 0.3 is 5.97 Å². The van der Waals surface area contributed by atoms with E-state index in [0.29, 0.717) is 13.0 Å². The van der Waals surface area contributed by atoms with Crippen molar-refractivity contribution in [3.63, 3.8) is 0 Å². The molecule has 1 N–H and O–H groups in total. The molecule has 4 heteroatoms. The molecular formula is C13H25NO3. The highest BCUT2D eigenvalue weighted by Crippen LogP contribution is 2.07. The van der Waals surface area contributed by atoms with Gasteiger partial charge in [-0.2, -0.15) is 0 Å². The summed E-state index contributed by atoms with van der Waals surface area (Å²) in [6, 6.07) is 0. The SMILES string of the molecule is CCCCCCCC(=O)N(CCC)CC(=O)O. The molecule has 0 aliphatic carbocycles. The first-order chi connectivity index (χ1) is 8.11. The van der Waals surface area contributed by atoms with Crippen LogP contribution in [0.2, 0.25) is 0 Å². The molecule has 0 atom stereocenters. The summed E-state index contributed by atoms with van der Waals surface area (Å²) in [6.45, 7) is 4.48. The van der Waals surface area contributed by atoms with Crippen LogP contribution in [0, 0.1) is 0 Å². The average Bonchev–Trinajstić information content (AvgIpc) is 2.27. The van der Waals surface area contributed by atoms with E-state index in [-0.39, 0.29) is 12.5 Å². The lowest BCUT2D eigenvalue weighted by Crippen LogP contribution is -2.36. The van der Waals surface area contributed by atoms with E-state index in [2.05, 4.69) is 6.92 Å². The zero-order valence-corrected chi connectivity index (χ0v) is 11.1. The third-order valence-electron chi connectivity index (χ3n) is 2.67. The summed E-state index contributed by atoms with van der Waals surface area (Å²) < 4.78 is 0. The molecule has 0 aliphatic rings. The Balaban J connectivity index is 3.84. The molecule has 0 rings (SSSR count). The molecule has 0 aromatic rings. The number of carboxylic acid groups (broad SMARTS) is 1. The largest absolute Gasteiger partial charge is 0.480 e. The highest BCUT2D eigenvalue weighted by molar-refractivity contribution is 5.81. The lowest BCUT2D eigenvalue weighted by Gasteiger charge is -2.19. The molecule has 0 radical (unpaired) electrons. The fourth-order valence-corrected chi connectivity index (χ4v) is 1.76. The summed E-state index contributed by atoms with van der Waals surface area (Å²) in [5, 5.41) is 8.71. The van der Waals surface area contributed by atoms with Crippen LogP contribution in [0.5, 0.6) is 0 Å². The summed E-state index contributed by atoms with van der Waals surface area (Å²) in [5.41, 5.74) is 0. The fraction of sp³-hybridized carbons (Fsp3) is 0.846. The van der Waals surface area contributed by atoms with Crippen LogP contribution in [0.4, 0.5) is 0 Å².